The van der Waals surface area contributed by atoms with Gasteiger partial charge in [0.25, 0.3) is 0 Å². The van der Waals surface area contributed by atoms with Crippen molar-refractivity contribution >= 4 is 5.91 Å². The van der Waals surface area contributed by atoms with Gasteiger partial charge < -0.3 is 9.84 Å². The average Bonchev–Trinajstić information content (AvgIpc) is 3.20. The summed E-state index contributed by atoms with van der Waals surface area (Å²) in [5.74, 6) is 1.39. The Hall–Kier alpha value is -2.10. The first kappa shape index (κ1) is 12.9. The highest BCUT2D eigenvalue weighted by Crippen LogP contribution is 2.47. The SMILES string of the molecule is Cc1noc(C)c1CNC(=O)C1CC1c1ccccc1. The molecule has 0 radical (unpaired) electrons. The van der Waals surface area contributed by atoms with Crippen molar-refractivity contribution in [1.29, 1.82) is 0 Å². The van der Waals surface area contributed by atoms with Gasteiger partial charge in [-0.2, -0.15) is 0 Å². The van der Waals surface area contributed by atoms with Gasteiger partial charge in [-0.25, -0.2) is 0 Å². The van der Waals surface area contributed by atoms with Gasteiger partial charge in [0, 0.05) is 18.0 Å². The van der Waals surface area contributed by atoms with Crippen LogP contribution in [0.3, 0.4) is 0 Å². The van der Waals surface area contributed by atoms with E-state index in [9.17, 15) is 4.79 Å². The molecule has 0 spiro atoms. The third-order valence-corrected chi connectivity index (χ3v) is 3.98. The Morgan fingerprint density at radius 3 is 2.75 bits per heavy atom. The minimum atomic E-state index is 0.109. The van der Waals surface area contributed by atoms with E-state index in [0.29, 0.717) is 12.5 Å². The summed E-state index contributed by atoms with van der Waals surface area (Å²) in [6.45, 7) is 4.26. The first-order chi connectivity index (χ1) is 9.66. The monoisotopic (exact) mass is 270 g/mol. The van der Waals surface area contributed by atoms with Crippen LogP contribution in [0.15, 0.2) is 34.9 Å². The first-order valence-electron chi connectivity index (χ1n) is 6.91. The molecule has 2 atom stereocenters. The summed E-state index contributed by atoms with van der Waals surface area (Å²) >= 11 is 0. The second-order valence-electron chi connectivity index (χ2n) is 5.38. The predicted octanol–water partition coefficient (Wildman–Crippen LogP) is 2.71. The second-order valence-corrected chi connectivity index (χ2v) is 5.38. The highest BCUT2D eigenvalue weighted by Gasteiger charge is 2.43. The smallest absolute Gasteiger partial charge is 0.224 e. The summed E-state index contributed by atoms with van der Waals surface area (Å²) in [7, 11) is 0. The van der Waals surface area contributed by atoms with Crippen LogP contribution in [0, 0.1) is 19.8 Å². The van der Waals surface area contributed by atoms with Crippen LogP contribution in [0.25, 0.3) is 0 Å². The van der Waals surface area contributed by atoms with Gasteiger partial charge in [-0.05, 0) is 31.7 Å². The molecule has 1 fully saturated rings. The van der Waals surface area contributed by atoms with Gasteiger partial charge in [-0.15, -0.1) is 0 Å². The fourth-order valence-electron chi connectivity index (χ4n) is 2.61. The quantitative estimate of drug-likeness (QED) is 0.929. The normalized spacial score (nSPS) is 20.7. The van der Waals surface area contributed by atoms with E-state index in [2.05, 4.69) is 22.6 Å². The minimum Gasteiger partial charge on any atom is -0.361 e. The number of carbonyl (C=O) groups excluding carboxylic acids is 1. The molecule has 1 aromatic carbocycles. The van der Waals surface area contributed by atoms with Crippen molar-refractivity contribution in [2.75, 3.05) is 0 Å². The molecule has 1 N–H and O–H groups in total. The van der Waals surface area contributed by atoms with Gasteiger partial charge >= 0.3 is 0 Å². The standard InChI is InChI=1S/C16H18N2O2/c1-10-15(11(2)20-18-10)9-17-16(19)14-8-13(14)12-6-4-3-5-7-12/h3-7,13-14H,8-9H2,1-2H3,(H,17,19). The molecule has 2 aromatic rings. The Kier molecular flexibility index (Phi) is 3.30. The Bertz CT molecular complexity index is 599. The molecule has 20 heavy (non-hydrogen) atoms. The second kappa shape index (κ2) is 5.12. The van der Waals surface area contributed by atoms with E-state index >= 15 is 0 Å². The number of hydrogen-bond donors (Lipinski definition) is 1. The average molecular weight is 270 g/mol. The number of carbonyl (C=O) groups is 1. The maximum atomic E-state index is 12.1. The zero-order valence-electron chi connectivity index (χ0n) is 11.7. The summed E-state index contributed by atoms with van der Waals surface area (Å²) in [5, 5.41) is 6.88. The minimum absolute atomic E-state index is 0.109. The van der Waals surface area contributed by atoms with Gasteiger partial charge in [0.1, 0.15) is 5.76 Å². The molecule has 0 aliphatic heterocycles. The number of aromatic nitrogens is 1. The lowest BCUT2D eigenvalue weighted by molar-refractivity contribution is -0.122. The molecule has 0 bridgehead atoms. The highest BCUT2D eigenvalue weighted by molar-refractivity contribution is 5.82. The lowest BCUT2D eigenvalue weighted by atomic mass is 10.1. The molecule has 104 valence electrons. The van der Waals surface area contributed by atoms with E-state index in [4.69, 9.17) is 4.52 Å². The van der Waals surface area contributed by atoms with Crippen molar-refractivity contribution in [1.82, 2.24) is 10.5 Å². The molecular formula is C16H18N2O2. The Morgan fingerprint density at radius 1 is 1.35 bits per heavy atom. The number of hydrogen-bond acceptors (Lipinski definition) is 3. The van der Waals surface area contributed by atoms with Crippen LogP contribution in [0.4, 0.5) is 0 Å². The van der Waals surface area contributed by atoms with Crippen molar-refractivity contribution < 1.29 is 9.32 Å². The van der Waals surface area contributed by atoms with Gasteiger partial charge in [0.2, 0.25) is 5.91 Å². The first-order valence-corrected chi connectivity index (χ1v) is 6.91. The number of nitrogens with one attached hydrogen (secondary N) is 1. The maximum absolute atomic E-state index is 12.1. The number of rotatable bonds is 4. The van der Waals surface area contributed by atoms with Gasteiger partial charge in [0.05, 0.1) is 5.69 Å². The molecule has 1 aromatic heterocycles. The van der Waals surface area contributed by atoms with Crippen molar-refractivity contribution in [2.45, 2.75) is 32.7 Å². The van der Waals surface area contributed by atoms with Crippen LogP contribution in [0.2, 0.25) is 0 Å². The summed E-state index contributed by atoms with van der Waals surface area (Å²) in [4.78, 5) is 12.1. The topological polar surface area (TPSA) is 55.1 Å². The number of amides is 1. The molecule has 2 unspecified atom stereocenters. The molecule has 3 rings (SSSR count). The Balaban J connectivity index is 1.57. The number of aryl methyl sites for hydroxylation is 2. The molecule has 1 aliphatic carbocycles. The Morgan fingerprint density at radius 2 is 2.10 bits per heavy atom. The molecule has 1 heterocycles. The van der Waals surface area contributed by atoms with Crippen LogP contribution >= 0.6 is 0 Å². The Labute approximate surface area is 118 Å². The van der Waals surface area contributed by atoms with Gasteiger partial charge in [-0.1, -0.05) is 35.5 Å². The van der Waals surface area contributed by atoms with Gasteiger partial charge in [0.15, 0.2) is 0 Å². The van der Waals surface area contributed by atoms with Crippen LogP contribution in [-0.4, -0.2) is 11.1 Å². The van der Waals surface area contributed by atoms with Crippen molar-refractivity contribution in [3.63, 3.8) is 0 Å². The predicted molar refractivity (Wildman–Crippen MR) is 75.1 cm³/mol. The zero-order valence-corrected chi connectivity index (χ0v) is 11.7. The van der Waals surface area contributed by atoms with E-state index < -0.39 is 0 Å². The lowest BCUT2D eigenvalue weighted by Crippen LogP contribution is -2.25. The van der Waals surface area contributed by atoms with Crippen LogP contribution in [-0.2, 0) is 11.3 Å². The van der Waals surface area contributed by atoms with Crippen LogP contribution < -0.4 is 5.32 Å². The van der Waals surface area contributed by atoms with E-state index in [1.165, 1.54) is 5.56 Å². The van der Waals surface area contributed by atoms with E-state index in [-0.39, 0.29) is 11.8 Å². The van der Waals surface area contributed by atoms with Gasteiger partial charge in [-0.3, -0.25) is 4.79 Å². The van der Waals surface area contributed by atoms with E-state index in [1.54, 1.807) is 0 Å². The molecule has 4 nitrogen and oxygen atoms in total. The third-order valence-electron chi connectivity index (χ3n) is 3.98. The van der Waals surface area contributed by atoms with Crippen molar-refractivity contribution in [2.24, 2.45) is 5.92 Å². The summed E-state index contributed by atoms with van der Waals surface area (Å²) in [6.07, 6.45) is 0.942. The van der Waals surface area contributed by atoms with Crippen molar-refractivity contribution in [3.05, 3.63) is 52.9 Å². The largest absolute Gasteiger partial charge is 0.361 e. The molecule has 1 saturated carbocycles. The van der Waals surface area contributed by atoms with Crippen LogP contribution in [0.1, 0.15) is 34.9 Å². The molecule has 0 saturated heterocycles. The maximum Gasteiger partial charge on any atom is 0.224 e. The van der Waals surface area contributed by atoms with Crippen molar-refractivity contribution in [3.8, 4) is 0 Å². The summed E-state index contributed by atoms with van der Waals surface area (Å²) in [5.41, 5.74) is 3.08. The molecular weight excluding hydrogens is 252 g/mol. The molecule has 1 amide bonds. The zero-order chi connectivity index (χ0) is 14.1. The number of benzene rings is 1. The third kappa shape index (κ3) is 2.46. The lowest BCUT2D eigenvalue weighted by Gasteiger charge is -2.04. The summed E-state index contributed by atoms with van der Waals surface area (Å²) in [6, 6.07) is 10.2. The molecule has 1 aliphatic rings. The summed E-state index contributed by atoms with van der Waals surface area (Å²) < 4.78 is 5.09. The fourth-order valence-corrected chi connectivity index (χ4v) is 2.61. The molecule has 4 heteroatoms. The van der Waals surface area contributed by atoms with E-state index in [0.717, 1.165) is 23.4 Å². The fraction of sp³-hybridized carbons (Fsp3) is 0.375. The highest BCUT2D eigenvalue weighted by atomic mass is 16.5. The van der Waals surface area contributed by atoms with E-state index in [1.807, 2.05) is 32.0 Å². The number of nitrogens with zero attached hydrogens (tertiary/aromatic N) is 1. The van der Waals surface area contributed by atoms with Crippen LogP contribution in [0.5, 0.6) is 0 Å².